The maximum atomic E-state index is 12.9. The number of ether oxygens (including phenoxy) is 1. The quantitative estimate of drug-likeness (QED) is 0.908. The number of benzene rings is 1. The van der Waals surface area contributed by atoms with E-state index in [-0.39, 0.29) is 15.7 Å². The number of halogens is 4. The molecule has 1 atom stereocenters. The van der Waals surface area contributed by atoms with Crippen molar-refractivity contribution in [3.8, 4) is 5.75 Å². The van der Waals surface area contributed by atoms with Crippen LogP contribution < -0.4 is 4.74 Å². The Hall–Kier alpha value is -1.54. The average Bonchev–Trinajstić information content (AvgIpc) is 2.78. The molecule has 0 radical (unpaired) electrons. The topological polar surface area (TPSA) is 47.3 Å². The van der Waals surface area contributed by atoms with Crippen molar-refractivity contribution in [3.05, 3.63) is 45.7 Å². The zero-order chi connectivity index (χ0) is 15.8. The highest BCUT2D eigenvalue weighted by atomic mass is 79.9. The number of alkyl halides is 3. The van der Waals surface area contributed by atoms with Gasteiger partial charge < -0.3 is 9.84 Å². The van der Waals surface area contributed by atoms with Gasteiger partial charge in [-0.3, -0.25) is 4.68 Å². The minimum atomic E-state index is -4.51. The Bertz CT molecular complexity index is 655. The third-order valence-corrected chi connectivity index (χ3v) is 3.73. The number of methoxy groups -OCH3 is 1. The van der Waals surface area contributed by atoms with Gasteiger partial charge in [-0.25, -0.2) is 0 Å². The van der Waals surface area contributed by atoms with Crippen LogP contribution in [0.2, 0.25) is 0 Å². The Kier molecular flexibility index (Phi) is 4.29. The fourth-order valence-electron chi connectivity index (χ4n) is 1.98. The summed E-state index contributed by atoms with van der Waals surface area (Å²) in [7, 11) is 2.97. The summed E-state index contributed by atoms with van der Waals surface area (Å²) >= 11 is 2.86. The molecule has 0 amide bonds. The predicted octanol–water partition coefficient (Wildman–Crippen LogP) is 3.29. The van der Waals surface area contributed by atoms with Crippen molar-refractivity contribution in [1.82, 2.24) is 9.78 Å². The minimum Gasteiger partial charge on any atom is -0.493 e. The van der Waals surface area contributed by atoms with E-state index < -0.39 is 17.8 Å². The highest BCUT2D eigenvalue weighted by Crippen LogP contribution is 2.38. The molecule has 0 spiro atoms. The van der Waals surface area contributed by atoms with Crippen molar-refractivity contribution >= 4 is 15.9 Å². The van der Waals surface area contributed by atoms with Crippen molar-refractivity contribution in [3.63, 3.8) is 0 Å². The SMILES string of the molecule is COc1cnn(C)c1C(O)c1ccc(Br)c(C(F)(F)F)c1. The zero-order valence-electron chi connectivity index (χ0n) is 11.1. The standard InChI is InChI=1S/C13H12BrF3N2O2/c1-19-11(10(21-2)6-18-19)12(20)7-3-4-9(14)8(5-7)13(15,16)17/h3-6,12,20H,1-2H3. The van der Waals surface area contributed by atoms with Crippen molar-refractivity contribution in [1.29, 1.82) is 0 Å². The van der Waals surface area contributed by atoms with Gasteiger partial charge in [-0.2, -0.15) is 18.3 Å². The van der Waals surface area contributed by atoms with Crippen LogP contribution in [0.25, 0.3) is 0 Å². The number of hydrogen-bond donors (Lipinski definition) is 1. The highest BCUT2D eigenvalue weighted by molar-refractivity contribution is 9.10. The van der Waals surface area contributed by atoms with E-state index in [0.717, 1.165) is 6.07 Å². The van der Waals surface area contributed by atoms with Gasteiger partial charge in [-0.05, 0) is 17.7 Å². The van der Waals surface area contributed by atoms with Crippen LogP contribution >= 0.6 is 15.9 Å². The molecule has 1 aromatic heterocycles. The van der Waals surface area contributed by atoms with Crippen LogP contribution in [0.15, 0.2) is 28.9 Å². The second kappa shape index (κ2) is 5.69. The molecule has 1 N–H and O–H groups in total. The number of aliphatic hydroxyl groups is 1. The third kappa shape index (κ3) is 3.06. The summed E-state index contributed by atoms with van der Waals surface area (Å²) in [4.78, 5) is 0. The molecule has 4 nitrogen and oxygen atoms in total. The molecule has 2 aromatic rings. The van der Waals surface area contributed by atoms with Crippen LogP contribution in [0, 0.1) is 0 Å². The highest BCUT2D eigenvalue weighted by Gasteiger charge is 2.34. The van der Waals surface area contributed by atoms with Crippen molar-refractivity contribution < 1.29 is 23.0 Å². The van der Waals surface area contributed by atoms with Crippen molar-refractivity contribution in [2.45, 2.75) is 12.3 Å². The lowest BCUT2D eigenvalue weighted by molar-refractivity contribution is -0.138. The number of aromatic nitrogens is 2. The lowest BCUT2D eigenvalue weighted by Gasteiger charge is -2.16. The summed E-state index contributed by atoms with van der Waals surface area (Å²) < 4.78 is 45.1. The van der Waals surface area contributed by atoms with Gasteiger partial charge in [0.2, 0.25) is 0 Å². The average molecular weight is 365 g/mol. The Morgan fingerprint density at radius 1 is 1.38 bits per heavy atom. The third-order valence-electron chi connectivity index (χ3n) is 3.04. The van der Waals surface area contributed by atoms with Gasteiger partial charge in [0, 0.05) is 11.5 Å². The molecule has 0 bridgehead atoms. The zero-order valence-corrected chi connectivity index (χ0v) is 12.7. The first kappa shape index (κ1) is 15.8. The number of hydrogen-bond acceptors (Lipinski definition) is 3. The summed E-state index contributed by atoms with van der Waals surface area (Å²) in [6, 6.07) is 3.57. The molecule has 21 heavy (non-hydrogen) atoms. The molecule has 1 aromatic carbocycles. The molecule has 0 aliphatic heterocycles. The van der Waals surface area contributed by atoms with Crippen LogP contribution in [0.1, 0.15) is 22.9 Å². The monoisotopic (exact) mass is 364 g/mol. The molecule has 1 heterocycles. The molecule has 0 aliphatic carbocycles. The summed E-state index contributed by atoms with van der Waals surface area (Å²) in [5.41, 5.74) is -0.458. The largest absolute Gasteiger partial charge is 0.493 e. The van der Waals surface area contributed by atoms with Gasteiger partial charge >= 0.3 is 6.18 Å². The molecule has 0 saturated carbocycles. The summed E-state index contributed by atoms with van der Waals surface area (Å²) in [5, 5.41) is 14.3. The molecule has 0 fully saturated rings. The maximum Gasteiger partial charge on any atom is 0.417 e. The van der Waals surface area contributed by atoms with Gasteiger partial charge in [-0.1, -0.05) is 22.0 Å². The number of aliphatic hydroxyl groups excluding tert-OH is 1. The van der Waals surface area contributed by atoms with E-state index >= 15 is 0 Å². The van der Waals surface area contributed by atoms with Crippen LogP contribution in [0.5, 0.6) is 5.75 Å². The predicted molar refractivity (Wildman–Crippen MR) is 73.0 cm³/mol. The van der Waals surface area contributed by atoms with Crippen LogP contribution in [0.4, 0.5) is 13.2 Å². The van der Waals surface area contributed by atoms with Crippen LogP contribution in [-0.4, -0.2) is 22.0 Å². The molecule has 1 unspecified atom stereocenters. The maximum absolute atomic E-state index is 12.9. The van der Waals surface area contributed by atoms with Gasteiger partial charge in [-0.15, -0.1) is 0 Å². The van der Waals surface area contributed by atoms with Gasteiger partial charge in [0.05, 0.1) is 18.9 Å². The van der Waals surface area contributed by atoms with Crippen LogP contribution in [0.3, 0.4) is 0 Å². The van der Waals surface area contributed by atoms with E-state index in [4.69, 9.17) is 4.74 Å². The number of nitrogens with zero attached hydrogens (tertiary/aromatic N) is 2. The lowest BCUT2D eigenvalue weighted by atomic mass is 10.0. The molecule has 114 valence electrons. The molecule has 0 aliphatic rings. The molecule has 0 saturated heterocycles. The Balaban J connectivity index is 2.49. The Morgan fingerprint density at radius 2 is 2.05 bits per heavy atom. The van der Waals surface area contributed by atoms with Gasteiger partial charge in [0.25, 0.3) is 0 Å². The van der Waals surface area contributed by atoms with Gasteiger partial charge in [0.15, 0.2) is 5.75 Å². The van der Waals surface area contributed by atoms with E-state index in [1.54, 1.807) is 7.05 Å². The van der Waals surface area contributed by atoms with Crippen LogP contribution in [-0.2, 0) is 13.2 Å². The van der Waals surface area contributed by atoms with E-state index in [2.05, 4.69) is 21.0 Å². The fourth-order valence-corrected chi connectivity index (χ4v) is 2.46. The lowest BCUT2D eigenvalue weighted by Crippen LogP contribution is -2.11. The van der Waals surface area contributed by atoms with Gasteiger partial charge in [0.1, 0.15) is 11.8 Å². The molecular weight excluding hydrogens is 353 g/mol. The summed E-state index contributed by atoms with van der Waals surface area (Å²) in [6.45, 7) is 0. The molecule has 8 heteroatoms. The van der Waals surface area contributed by atoms with E-state index in [0.29, 0.717) is 5.75 Å². The smallest absolute Gasteiger partial charge is 0.417 e. The summed E-state index contributed by atoms with van der Waals surface area (Å²) in [5.74, 6) is 0.307. The van der Waals surface area contributed by atoms with E-state index in [1.807, 2.05) is 0 Å². The van der Waals surface area contributed by atoms with E-state index in [9.17, 15) is 18.3 Å². The minimum absolute atomic E-state index is 0.0806. The van der Waals surface area contributed by atoms with E-state index in [1.165, 1.54) is 30.1 Å². The van der Waals surface area contributed by atoms with Crippen molar-refractivity contribution in [2.24, 2.45) is 7.05 Å². The molecular formula is C13H12BrF3N2O2. The fraction of sp³-hybridized carbons (Fsp3) is 0.308. The summed E-state index contributed by atoms with van der Waals surface area (Å²) in [6.07, 6.45) is -4.39. The Morgan fingerprint density at radius 3 is 2.62 bits per heavy atom. The first-order chi connectivity index (χ1) is 9.75. The molecule has 2 rings (SSSR count). The number of rotatable bonds is 3. The first-order valence-electron chi connectivity index (χ1n) is 5.86. The second-order valence-electron chi connectivity index (χ2n) is 4.36. The Labute approximate surface area is 127 Å². The first-order valence-corrected chi connectivity index (χ1v) is 6.65. The number of aryl methyl sites for hydroxylation is 1. The van der Waals surface area contributed by atoms with Crippen molar-refractivity contribution in [2.75, 3.05) is 7.11 Å². The normalized spacial score (nSPS) is 13.3. The second-order valence-corrected chi connectivity index (χ2v) is 5.22.